The second-order valence-electron chi connectivity index (χ2n) is 3.21. The van der Waals surface area contributed by atoms with E-state index in [0.717, 1.165) is 0 Å². The summed E-state index contributed by atoms with van der Waals surface area (Å²) < 4.78 is 4.74. The Morgan fingerprint density at radius 3 is 3.00 bits per heavy atom. The highest BCUT2D eigenvalue weighted by Crippen LogP contribution is 2.18. The summed E-state index contributed by atoms with van der Waals surface area (Å²) in [5.41, 5.74) is 0.513. The molecule has 15 heavy (non-hydrogen) atoms. The van der Waals surface area contributed by atoms with Crippen LogP contribution >= 0.6 is 0 Å². The number of ether oxygens (including phenoxy) is 1. The molecule has 1 aliphatic rings. The molecule has 1 N–H and O–H groups in total. The van der Waals surface area contributed by atoms with Crippen LogP contribution in [0.1, 0.15) is 26.2 Å². The fourth-order valence-corrected chi connectivity index (χ4v) is 1.33. The molecule has 4 heteroatoms. The molecule has 1 aliphatic carbocycles. The van der Waals surface area contributed by atoms with Crippen LogP contribution in [0.25, 0.3) is 0 Å². The van der Waals surface area contributed by atoms with Crippen LogP contribution in [0.3, 0.4) is 0 Å². The predicted octanol–water partition coefficient (Wildman–Crippen LogP) is 1.67. The lowest BCUT2D eigenvalue weighted by atomic mass is 10.00. The number of carbonyl (C=O) groups is 2. The van der Waals surface area contributed by atoms with E-state index in [1.807, 2.05) is 0 Å². The zero-order valence-electron chi connectivity index (χ0n) is 8.66. The molecule has 0 saturated heterocycles. The zero-order chi connectivity index (χ0) is 11.3. The summed E-state index contributed by atoms with van der Waals surface area (Å²) in [6.45, 7) is 2.08. The number of Topliss-reactive ketones (excluding diaryl/α,β-unsaturated/α-hetero) is 1. The average molecular weight is 210 g/mol. The summed E-state index contributed by atoms with van der Waals surface area (Å²) in [5, 5.41) is 9.41. The summed E-state index contributed by atoms with van der Waals surface area (Å²) in [7, 11) is 0. The number of hydrogen-bond acceptors (Lipinski definition) is 4. The number of rotatable bonds is 4. The molecule has 0 aromatic heterocycles. The number of hydrogen-bond donors (Lipinski definition) is 1. The Labute approximate surface area is 88.2 Å². The van der Waals surface area contributed by atoms with Gasteiger partial charge in [-0.15, -0.1) is 0 Å². The first-order valence-electron chi connectivity index (χ1n) is 4.92. The molecule has 1 rings (SSSR count). The topological polar surface area (TPSA) is 63.6 Å². The molecule has 82 valence electrons. The molecular formula is C11H14O4. The third-order valence-corrected chi connectivity index (χ3v) is 2.09. The summed E-state index contributed by atoms with van der Waals surface area (Å²) >= 11 is 0. The van der Waals surface area contributed by atoms with E-state index in [4.69, 9.17) is 4.74 Å². The lowest BCUT2D eigenvalue weighted by Gasteiger charge is -2.09. The van der Waals surface area contributed by atoms with Crippen molar-refractivity contribution in [3.05, 3.63) is 23.5 Å². The number of esters is 1. The Bertz CT molecular complexity index is 325. The Morgan fingerprint density at radius 2 is 2.33 bits per heavy atom. The summed E-state index contributed by atoms with van der Waals surface area (Å²) in [5.74, 6) is -0.831. The molecule has 0 amide bonds. The van der Waals surface area contributed by atoms with Crippen LogP contribution in [0.15, 0.2) is 23.5 Å². The highest BCUT2D eigenvalue weighted by molar-refractivity contribution is 5.96. The van der Waals surface area contributed by atoms with E-state index in [2.05, 4.69) is 0 Å². The quantitative estimate of drug-likeness (QED) is 0.717. The third kappa shape index (κ3) is 3.23. The van der Waals surface area contributed by atoms with Gasteiger partial charge < -0.3 is 9.84 Å². The van der Waals surface area contributed by atoms with E-state index in [1.165, 1.54) is 0 Å². The zero-order valence-corrected chi connectivity index (χ0v) is 8.66. The van der Waals surface area contributed by atoms with Gasteiger partial charge in [-0.2, -0.15) is 0 Å². The standard InChI is InChI=1S/C11H14O4/c1-2-15-10(13)7-6-8-4-3-5-9(12)11(8)14/h3-4,14H,2,5-7H2,1H3. The van der Waals surface area contributed by atoms with Crippen molar-refractivity contribution in [2.75, 3.05) is 6.61 Å². The van der Waals surface area contributed by atoms with Crippen molar-refractivity contribution in [2.45, 2.75) is 26.2 Å². The molecule has 0 aliphatic heterocycles. The minimum Gasteiger partial charge on any atom is -0.504 e. The van der Waals surface area contributed by atoms with E-state index >= 15 is 0 Å². The minimum atomic E-state index is -0.316. The predicted molar refractivity (Wildman–Crippen MR) is 54.3 cm³/mol. The molecule has 0 radical (unpaired) electrons. The van der Waals surface area contributed by atoms with Crippen molar-refractivity contribution in [1.29, 1.82) is 0 Å². The van der Waals surface area contributed by atoms with Gasteiger partial charge >= 0.3 is 5.97 Å². The second-order valence-corrected chi connectivity index (χ2v) is 3.21. The van der Waals surface area contributed by atoms with Gasteiger partial charge in [0.25, 0.3) is 0 Å². The van der Waals surface area contributed by atoms with E-state index in [9.17, 15) is 14.7 Å². The smallest absolute Gasteiger partial charge is 0.306 e. The fraction of sp³-hybridized carbons (Fsp3) is 0.455. The summed E-state index contributed by atoms with van der Waals surface area (Å²) in [6.07, 6.45) is 4.12. The van der Waals surface area contributed by atoms with Gasteiger partial charge in [-0.3, -0.25) is 9.59 Å². The van der Waals surface area contributed by atoms with Crippen LogP contribution in [-0.2, 0) is 14.3 Å². The van der Waals surface area contributed by atoms with Crippen LogP contribution in [0.2, 0.25) is 0 Å². The van der Waals surface area contributed by atoms with Crippen molar-refractivity contribution in [3.63, 3.8) is 0 Å². The lowest BCUT2D eigenvalue weighted by molar-refractivity contribution is -0.143. The SMILES string of the molecule is CCOC(=O)CCC1=C(O)C(=O)CC=C1. The summed E-state index contributed by atoms with van der Waals surface area (Å²) in [6, 6.07) is 0. The van der Waals surface area contributed by atoms with Crippen LogP contribution in [0, 0.1) is 0 Å². The van der Waals surface area contributed by atoms with E-state index in [1.54, 1.807) is 19.1 Å². The van der Waals surface area contributed by atoms with Crippen molar-refractivity contribution in [2.24, 2.45) is 0 Å². The fourth-order valence-electron chi connectivity index (χ4n) is 1.33. The normalized spacial score (nSPS) is 15.7. The van der Waals surface area contributed by atoms with Crippen molar-refractivity contribution in [1.82, 2.24) is 0 Å². The molecule has 0 aromatic carbocycles. The lowest BCUT2D eigenvalue weighted by Crippen LogP contribution is -2.09. The highest BCUT2D eigenvalue weighted by Gasteiger charge is 2.16. The molecular weight excluding hydrogens is 196 g/mol. The number of allylic oxidation sites excluding steroid dienone is 4. The first kappa shape index (κ1) is 11.5. The van der Waals surface area contributed by atoms with Crippen LogP contribution < -0.4 is 0 Å². The third-order valence-electron chi connectivity index (χ3n) is 2.09. The molecule has 0 fully saturated rings. The molecule has 0 bridgehead atoms. The minimum absolute atomic E-state index is 0.185. The van der Waals surface area contributed by atoms with Gasteiger partial charge in [-0.05, 0) is 18.9 Å². The van der Waals surface area contributed by atoms with Gasteiger partial charge in [0, 0.05) is 12.8 Å². The van der Waals surface area contributed by atoms with Gasteiger partial charge in [0.15, 0.2) is 5.76 Å². The number of aliphatic hydroxyl groups excluding tert-OH is 1. The van der Waals surface area contributed by atoms with Gasteiger partial charge in [-0.25, -0.2) is 0 Å². The number of aliphatic hydroxyl groups is 1. The Morgan fingerprint density at radius 1 is 1.60 bits per heavy atom. The highest BCUT2D eigenvalue weighted by atomic mass is 16.5. The molecule has 0 atom stereocenters. The summed E-state index contributed by atoms with van der Waals surface area (Å²) in [4.78, 5) is 22.1. The molecule has 0 spiro atoms. The van der Waals surface area contributed by atoms with E-state index < -0.39 is 0 Å². The van der Waals surface area contributed by atoms with E-state index in [-0.39, 0.29) is 30.4 Å². The number of carbonyl (C=O) groups excluding carboxylic acids is 2. The van der Waals surface area contributed by atoms with Gasteiger partial charge in [-0.1, -0.05) is 12.2 Å². The maximum absolute atomic E-state index is 11.1. The van der Waals surface area contributed by atoms with Gasteiger partial charge in [0.1, 0.15) is 0 Å². The second kappa shape index (κ2) is 5.34. The maximum atomic E-state index is 11.1. The van der Waals surface area contributed by atoms with Crippen LogP contribution in [0.4, 0.5) is 0 Å². The maximum Gasteiger partial charge on any atom is 0.306 e. The average Bonchev–Trinajstić information content (AvgIpc) is 2.21. The van der Waals surface area contributed by atoms with E-state index in [0.29, 0.717) is 18.6 Å². The molecule has 0 heterocycles. The first-order valence-corrected chi connectivity index (χ1v) is 4.92. The van der Waals surface area contributed by atoms with Crippen molar-refractivity contribution >= 4 is 11.8 Å². The van der Waals surface area contributed by atoms with Gasteiger partial charge in [0.05, 0.1) is 6.61 Å². The Balaban J connectivity index is 2.51. The van der Waals surface area contributed by atoms with Crippen LogP contribution in [-0.4, -0.2) is 23.5 Å². The molecule has 0 saturated carbocycles. The molecule has 4 nitrogen and oxygen atoms in total. The monoisotopic (exact) mass is 210 g/mol. The van der Waals surface area contributed by atoms with Crippen LogP contribution in [0.5, 0.6) is 0 Å². The Hall–Kier alpha value is -1.58. The van der Waals surface area contributed by atoms with Gasteiger partial charge in [0.2, 0.25) is 5.78 Å². The first-order chi connectivity index (χ1) is 7.15. The largest absolute Gasteiger partial charge is 0.504 e. The Kier molecular flexibility index (Phi) is 4.09. The molecule has 0 aromatic rings. The van der Waals surface area contributed by atoms with Crippen molar-refractivity contribution in [3.8, 4) is 0 Å². The van der Waals surface area contributed by atoms with Crippen molar-refractivity contribution < 1.29 is 19.4 Å². The molecule has 0 unspecified atom stereocenters. The number of ketones is 1.